The zero-order valence-electron chi connectivity index (χ0n) is 9.20. The Morgan fingerprint density at radius 1 is 1.47 bits per heavy atom. The Balaban J connectivity index is 2.72. The van der Waals surface area contributed by atoms with Crippen molar-refractivity contribution in [1.82, 2.24) is 0 Å². The number of anilines is 1. The molecule has 0 spiro atoms. The van der Waals surface area contributed by atoms with Crippen molar-refractivity contribution in [3.8, 4) is 0 Å². The molecule has 0 saturated heterocycles. The topological polar surface area (TPSA) is 75.6 Å². The highest BCUT2D eigenvalue weighted by atomic mass is 35.5. The van der Waals surface area contributed by atoms with Crippen molar-refractivity contribution in [2.75, 3.05) is 18.5 Å². The number of benzene rings is 1. The summed E-state index contributed by atoms with van der Waals surface area (Å²) in [6, 6.07) is 4.08. The number of carbonyl (C=O) groups is 2. The van der Waals surface area contributed by atoms with E-state index in [0.717, 1.165) is 0 Å². The normalized spacial score (nSPS) is 10.0. The highest BCUT2D eigenvalue weighted by molar-refractivity contribution is 6.34. The SMILES string of the molecule is CCOCC(=O)Nc1ccc(C(=O)O)cc1Cl. The van der Waals surface area contributed by atoms with Crippen LogP contribution >= 0.6 is 11.6 Å². The Morgan fingerprint density at radius 3 is 2.71 bits per heavy atom. The van der Waals surface area contributed by atoms with Crippen molar-refractivity contribution in [3.63, 3.8) is 0 Å². The highest BCUT2D eigenvalue weighted by Gasteiger charge is 2.09. The van der Waals surface area contributed by atoms with Gasteiger partial charge in [-0.2, -0.15) is 0 Å². The van der Waals surface area contributed by atoms with Crippen molar-refractivity contribution >= 4 is 29.2 Å². The number of hydrogen-bond donors (Lipinski definition) is 2. The fourth-order valence-electron chi connectivity index (χ4n) is 1.13. The highest BCUT2D eigenvalue weighted by Crippen LogP contribution is 2.22. The molecule has 0 aromatic heterocycles. The van der Waals surface area contributed by atoms with E-state index < -0.39 is 5.97 Å². The Hall–Kier alpha value is -1.59. The molecule has 6 heteroatoms. The van der Waals surface area contributed by atoms with E-state index in [0.29, 0.717) is 12.3 Å². The average Bonchev–Trinajstić information content (AvgIpc) is 2.28. The van der Waals surface area contributed by atoms with Crippen molar-refractivity contribution in [2.45, 2.75) is 6.92 Å². The van der Waals surface area contributed by atoms with Crippen LogP contribution in [0.1, 0.15) is 17.3 Å². The van der Waals surface area contributed by atoms with Crippen LogP contribution < -0.4 is 5.32 Å². The fourth-order valence-corrected chi connectivity index (χ4v) is 1.36. The molecule has 0 unspecified atom stereocenters. The zero-order chi connectivity index (χ0) is 12.8. The van der Waals surface area contributed by atoms with E-state index in [1.165, 1.54) is 18.2 Å². The van der Waals surface area contributed by atoms with Gasteiger partial charge in [0.15, 0.2) is 0 Å². The molecule has 1 aromatic carbocycles. The van der Waals surface area contributed by atoms with Gasteiger partial charge in [-0.3, -0.25) is 4.79 Å². The van der Waals surface area contributed by atoms with E-state index in [1.54, 1.807) is 6.92 Å². The summed E-state index contributed by atoms with van der Waals surface area (Å²) in [5.41, 5.74) is 0.430. The molecule has 92 valence electrons. The minimum absolute atomic E-state index is 0.0620. The first-order valence-corrected chi connectivity index (χ1v) is 5.32. The first kappa shape index (κ1) is 13.5. The van der Waals surface area contributed by atoms with Gasteiger partial charge in [0.25, 0.3) is 0 Å². The van der Waals surface area contributed by atoms with E-state index in [1.807, 2.05) is 0 Å². The van der Waals surface area contributed by atoms with Crippen molar-refractivity contribution < 1.29 is 19.4 Å². The van der Waals surface area contributed by atoms with Crippen LogP contribution in [0.3, 0.4) is 0 Å². The molecule has 1 aromatic rings. The number of aromatic carboxylic acids is 1. The molecule has 17 heavy (non-hydrogen) atoms. The molecule has 0 aliphatic carbocycles. The first-order chi connectivity index (χ1) is 8.04. The molecule has 0 heterocycles. The molecule has 0 aliphatic rings. The molecule has 1 amide bonds. The predicted molar refractivity (Wildman–Crippen MR) is 63.5 cm³/mol. The Bertz CT molecular complexity index is 433. The van der Waals surface area contributed by atoms with Gasteiger partial charge in [-0.25, -0.2) is 4.79 Å². The van der Waals surface area contributed by atoms with Crippen LogP contribution in [0, 0.1) is 0 Å². The third kappa shape index (κ3) is 4.05. The lowest BCUT2D eigenvalue weighted by Crippen LogP contribution is -2.18. The van der Waals surface area contributed by atoms with Gasteiger partial charge < -0.3 is 15.2 Å². The summed E-state index contributed by atoms with van der Waals surface area (Å²) < 4.78 is 4.92. The number of hydrogen-bond acceptors (Lipinski definition) is 3. The third-order valence-electron chi connectivity index (χ3n) is 1.93. The van der Waals surface area contributed by atoms with Crippen molar-refractivity contribution in [1.29, 1.82) is 0 Å². The lowest BCUT2D eigenvalue weighted by molar-refractivity contribution is -0.120. The monoisotopic (exact) mass is 257 g/mol. The van der Waals surface area contributed by atoms with Gasteiger partial charge in [-0.1, -0.05) is 11.6 Å². The second kappa shape index (κ2) is 6.22. The summed E-state index contributed by atoms with van der Waals surface area (Å²) in [5.74, 6) is -1.41. The van der Waals surface area contributed by atoms with Gasteiger partial charge in [0, 0.05) is 6.61 Å². The van der Waals surface area contributed by atoms with E-state index in [9.17, 15) is 9.59 Å². The number of carbonyl (C=O) groups excluding carboxylic acids is 1. The molecule has 0 bridgehead atoms. The number of nitrogens with one attached hydrogen (secondary N) is 1. The van der Waals surface area contributed by atoms with Crippen LogP contribution in [-0.2, 0) is 9.53 Å². The second-order valence-corrected chi connectivity index (χ2v) is 3.59. The molecule has 0 atom stereocenters. The standard InChI is InChI=1S/C11H12ClNO4/c1-2-17-6-10(14)13-9-4-3-7(11(15)16)5-8(9)12/h3-5H,2,6H2,1H3,(H,13,14)(H,15,16). The number of amides is 1. The summed E-state index contributed by atoms with van der Waals surface area (Å²) in [5, 5.41) is 11.4. The van der Waals surface area contributed by atoms with E-state index in [-0.39, 0.29) is 23.1 Å². The van der Waals surface area contributed by atoms with Gasteiger partial charge in [0.05, 0.1) is 16.3 Å². The van der Waals surface area contributed by atoms with Gasteiger partial charge in [-0.15, -0.1) is 0 Å². The molecule has 1 rings (SSSR count). The largest absolute Gasteiger partial charge is 0.478 e. The maximum absolute atomic E-state index is 11.3. The average molecular weight is 258 g/mol. The molecular formula is C11H12ClNO4. The predicted octanol–water partition coefficient (Wildman–Crippen LogP) is 2.01. The van der Waals surface area contributed by atoms with Crippen molar-refractivity contribution in [2.24, 2.45) is 0 Å². The van der Waals surface area contributed by atoms with Gasteiger partial charge in [-0.05, 0) is 25.1 Å². The van der Waals surface area contributed by atoms with Gasteiger partial charge in [0.1, 0.15) is 6.61 Å². The number of ether oxygens (including phenoxy) is 1. The fraction of sp³-hybridized carbons (Fsp3) is 0.273. The van der Waals surface area contributed by atoms with Crippen LogP contribution in [-0.4, -0.2) is 30.2 Å². The Kier molecular flexibility index (Phi) is 4.93. The van der Waals surface area contributed by atoms with Crippen LogP contribution in [0.2, 0.25) is 5.02 Å². The summed E-state index contributed by atoms with van der Waals surface area (Å²) >= 11 is 5.83. The number of carboxylic acid groups (broad SMARTS) is 1. The molecular weight excluding hydrogens is 246 g/mol. The Labute approximate surface area is 103 Å². The second-order valence-electron chi connectivity index (χ2n) is 3.19. The molecule has 0 radical (unpaired) electrons. The zero-order valence-corrected chi connectivity index (χ0v) is 9.95. The minimum atomic E-state index is -1.07. The van der Waals surface area contributed by atoms with E-state index in [2.05, 4.69) is 5.32 Å². The maximum atomic E-state index is 11.3. The lowest BCUT2D eigenvalue weighted by Gasteiger charge is -2.07. The summed E-state index contributed by atoms with van der Waals surface area (Å²) in [6.07, 6.45) is 0. The quantitative estimate of drug-likeness (QED) is 0.846. The molecule has 2 N–H and O–H groups in total. The molecule has 0 saturated carbocycles. The minimum Gasteiger partial charge on any atom is -0.478 e. The van der Waals surface area contributed by atoms with Crippen LogP contribution in [0.4, 0.5) is 5.69 Å². The molecule has 0 aliphatic heterocycles. The van der Waals surface area contributed by atoms with E-state index >= 15 is 0 Å². The number of halogens is 1. The van der Waals surface area contributed by atoms with E-state index in [4.69, 9.17) is 21.4 Å². The summed E-state index contributed by atoms with van der Waals surface area (Å²) in [4.78, 5) is 22.0. The summed E-state index contributed by atoms with van der Waals surface area (Å²) in [6.45, 7) is 2.16. The van der Waals surface area contributed by atoms with Gasteiger partial charge >= 0.3 is 5.97 Å². The lowest BCUT2D eigenvalue weighted by atomic mass is 10.2. The Morgan fingerprint density at radius 2 is 2.18 bits per heavy atom. The number of carboxylic acids is 1. The maximum Gasteiger partial charge on any atom is 0.335 e. The van der Waals surface area contributed by atoms with Crippen LogP contribution in [0.5, 0.6) is 0 Å². The third-order valence-corrected chi connectivity index (χ3v) is 2.24. The van der Waals surface area contributed by atoms with Crippen LogP contribution in [0.15, 0.2) is 18.2 Å². The smallest absolute Gasteiger partial charge is 0.335 e. The van der Waals surface area contributed by atoms with Crippen LogP contribution in [0.25, 0.3) is 0 Å². The van der Waals surface area contributed by atoms with Gasteiger partial charge in [0.2, 0.25) is 5.91 Å². The number of rotatable bonds is 5. The molecule has 5 nitrogen and oxygen atoms in total. The van der Waals surface area contributed by atoms with Crippen molar-refractivity contribution in [3.05, 3.63) is 28.8 Å². The first-order valence-electron chi connectivity index (χ1n) is 4.95. The molecule has 0 fully saturated rings. The summed E-state index contributed by atoms with van der Waals surface area (Å²) in [7, 11) is 0.